The van der Waals surface area contributed by atoms with Crippen LogP contribution in [-0.4, -0.2) is 19.9 Å². The van der Waals surface area contributed by atoms with Gasteiger partial charge in [-0.05, 0) is 0 Å². The number of hydrogen-bond acceptors (Lipinski definition) is 4. The number of alkyl halides is 3. The third kappa shape index (κ3) is 3.32. The molecule has 1 amide bonds. The van der Waals surface area contributed by atoms with E-state index in [2.05, 4.69) is 15.5 Å². The molecule has 2 aromatic rings. The lowest BCUT2D eigenvalue weighted by Gasteiger charge is -2.07. The second kappa shape index (κ2) is 5.40. The summed E-state index contributed by atoms with van der Waals surface area (Å²) < 4.78 is -2.02. The van der Waals surface area contributed by atoms with E-state index in [9.17, 15) is 4.79 Å². The summed E-state index contributed by atoms with van der Waals surface area (Å²) in [5, 5.41) is 11.1. The second-order valence-electron chi connectivity index (χ2n) is 3.23. The highest BCUT2D eigenvalue weighted by Gasteiger charge is 2.31. The van der Waals surface area contributed by atoms with E-state index in [1.165, 1.54) is 11.3 Å². The molecule has 0 saturated carbocycles. The molecule has 1 aromatic heterocycles. The highest BCUT2D eigenvalue weighted by molar-refractivity contribution is 7.18. The predicted octanol–water partition coefficient (Wildman–Crippen LogP) is 3.51. The fourth-order valence-corrected chi connectivity index (χ4v) is 2.02. The molecule has 4 nitrogen and oxygen atoms in total. The van der Waals surface area contributed by atoms with Crippen molar-refractivity contribution in [3.05, 3.63) is 30.3 Å². The van der Waals surface area contributed by atoms with E-state index in [1.54, 1.807) is 0 Å². The van der Waals surface area contributed by atoms with Crippen LogP contribution in [0.2, 0.25) is 0 Å². The molecule has 1 heterocycles. The molecule has 0 atom stereocenters. The number of carbonyl (C=O) groups excluding carboxylic acids is 1. The third-order valence-corrected chi connectivity index (χ3v) is 3.33. The Morgan fingerprint density at radius 2 is 1.83 bits per heavy atom. The zero-order valence-electron chi connectivity index (χ0n) is 8.73. The number of nitrogens with zero attached hydrogens (tertiary/aromatic N) is 2. The van der Waals surface area contributed by atoms with Crippen molar-refractivity contribution in [3.63, 3.8) is 0 Å². The largest absolute Gasteiger partial charge is 0.297 e. The fraction of sp³-hybridized carbons (Fsp3) is 0.100. The molecular formula is C10H6Cl3N3OS. The molecule has 0 aliphatic heterocycles. The third-order valence-electron chi connectivity index (χ3n) is 1.92. The predicted molar refractivity (Wildman–Crippen MR) is 74.3 cm³/mol. The summed E-state index contributed by atoms with van der Waals surface area (Å²) in [5.41, 5.74) is 0.907. The summed E-state index contributed by atoms with van der Waals surface area (Å²) in [6.07, 6.45) is 0. The van der Waals surface area contributed by atoms with Gasteiger partial charge >= 0.3 is 0 Å². The molecule has 0 aliphatic carbocycles. The van der Waals surface area contributed by atoms with Gasteiger partial charge in [-0.1, -0.05) is 76.5 Å². The number of benzene rings is 1. The summed E-state index contributed by atoms with van der Waals surface area (Å²) in [5.74, 6) is -0.761. The second-order valence-corrected chi connectivity index (χ2v) is 6.49. The Morgan fingerprint density at radius 1 is 1.17 bits per heavy atom. The molecule has 0 fully saturated rings. The van der Waals surface area contributed by atoms with Crippen molar-refractivity contribution in [2.75, 3.05) is 5.32 Å². The molecule has 94 valence electrons. The van der Waals surface area contributed by atoms with Crippen LogP contribution in [0.25, 0.3) is 10.6 Å². The molecular weight excluding hydrogens is 317 g/mol. The van der Waals surface area contributed by atoms with E-state index in [4.69, 9.17) is 34.8 Å². The van der Waals surface area contributed by atoms with Gasteiger partial charge in [-0.2, -0.15) is 0 Å². The minimum absolute atomic E-state index is 0.283. The Balaban J connectivity index is 2.15. The van der Waals surface area contributed by atoms with Crippen molar-refractivity contribution in [3.8, 4) is 10.6 Å². The normalized spacial score (nSPS) is 11.3. The summed E-state index contributed by atoms with van der Waals surface area (Å²) in [6, 6.07) is 9.45. The first-order valence-electron chi connectivity index (χ1n) is 4.74. The number of hydrogen-bond donors (Lipinski definition) is 1. The standard InChI is InChI=1S/C10H6Cl3N3OS/c11-10(12,13)8(17)14-9-16-15-7(18-9)6-4-2-1-3-5-6/h1-5H,(H,14,16,17). The molecule has 0 unspecified atom stereocenters. The molecule has 0 aliphatic rings. The highest BCUT2D eigenvalue weighted by Crippen LogP contribution is 2.30. The van der Waals surface area contributed by atoms with Crippen molar-refractivity contribution in [1.82, 2.24) is 10.2 Å². The number of anilines is 1. The number of halogens is 3. The molecule has 0 bridgehead atoms. The van der Waals surface area contributed by atoms with Crippen LogP contribution in [0.3, 0.4) is 0 Å². The average molecular weight is 323 g/mol. The maximum absolute atomic E-state index is 11.4. The molecule has 0 radical (unpaired) electrons. The Labute approximate surface area is 122 Å². The van der Waals surface area contributed by atoms with Crippen molar-refractivity contribution in [1.29, 1.82) is 0 Å². The van der Waals surface area contributed by atoms with Gasteiger partial charge in [-0.25, -0.2) is 0 Å². The van der Waals surface area contributed by atoms with Gasteiger partial charge in [0.15, 0.2) is 0 Å². The van der Waals surface area contributed by atoms with Gasteiger partial charge in [0.2, 0.25) is 5.13 Å². The zero-order chi connectivity index (χ0) is 13.2. The van der Waals surface area contributed by atoms with Gasteiger partial charge in [0.1, 0.15) is 5.01 Å². The van der Waals surface area contributed by atoms with Gasteiger partial charge < -0.3 is 0 Å². The topological polar surface area (TPSA) is 54.9 Å². The Kier molecular flexibility index (Phi) is 4.07. The molecule has 1 N–H and O–H groups in total. The maximum atomic E-state index is 11.4. The van der Waals surface area contributed by atoms with Crippen LogP contribution < -0.4 is 5.32 Å². The monoisotopic (exact) mass is 321 g/mol. The summed E-state index contributed by atoms with van der Waals surface area (Å²) in [4.78, 5) is 11.4. The quantitative estimate of drug-likeness (QED) is 0.861. The SMILES string of the molecule is O=C(Nc1nnc(-c2ccccc2)s1)C(Cl)(Cl)Cl. The molecule has 0 saturated heterocycles. The van der Waals surface area contributed by atoms with Gasteiger partial charge in [-0.3, -0.25) is 10.1 Å². The first-order valence-corrected chi connectivity index (χ1v) is 6.69. The van der Waals surface area contributed by atoms with Crippen LogP contribution in [0.1, 0.15) is 0 Å². The molecule has 2 rings (SSSR count). The number of nitrogens with one attached hydrogen (secondary N) is 1. The van der Waals surface area contributed by atoms with Crippen LogP contribution >= 0.6 is 46.1 Å². The van der Waals surface area contributed by atoms with Gasteiger partial charge in [0.05, 0.1) is 0 Å². The minimum Gasteiger partial charge on any atom is -0.297 e. The lowest BCUT2D eigenvalue weighted by atomic mass is 10.2. The van der Waals surface area contributed by atoms with Crippen molar-refractivity contribution < 1.29 is 4.79 Å². The van der Waals surface area contributed by atoms with Crippen LogP contribution in [0.5, 0.6) is 0 Å². The highest BCUT2D eigenvalue weighted by atomic mass is 35.6. The number of rotatable bonds is 2. The Hall–Kier alpha value is -0.880. The van der Waals surface area contributed by atoms with Crippen LogP contribution in [-0.2, 0) is 4.79 Å². The summed E-state index contributed by atoms with van der Waals surface area (Å²) in [7, 11) is 0. The smallest absolute Gasteiger partial charge is 0.278 e. The van der Waals surface area contributed by atoms with Gasteiger partial charge in [0, 0.05) is 5.56 Å². The first-order chi connectivity index (χ1) is 8.47. The minimum atomic E-state index is -2.02. The van der Waals surface area contributed by atoms with E-state index in [-0.39, 0.29) is 5.13 Å². The molecule has 8 heteroatoms. The lowest BCUT2D eigenvalue weighted by molar-refractivity contribution is -0.115. The van der Waals surface area contributed by atoms with Gasteiger partial charge in [-0.15, -0.1) is 10.2 Å². The lowest BCUT2D eigenvalue weighted by Crippen LogP contribution is -2.26. The first kappa shape index (κ1) is 13.5. The summed E-state index contributed by atoms with van der Waals surface area (Å²) in [6.45, 7) is 0. The molecule has 0 spiro atoms. The molecule has 18 heavy (non-hydrogen) atoms. The van der Waals surface area contributed by atoms with Crippen LogP contribution in [0.4, 0.5) is 5.13 Å². The van der Waals surface area contributed by atoms with Crippen molar-refractivity contribution in [2.24, 2.45) is 0 Å². The van der Waals surface area contributed by atoms with Gasteiger partial charge in [0.25, 0.3) is 9.70 Å². The Morgan fingerprint density at radius 3 is 2.44 bits per heavy atom. The average Bonchev–Trinajstić information content (AvgIpc) is 2.77. The Bertz CT molecular complexity index is 553. The van der Waals surface area contributed by atoms with E-state index >= 15 is 0 Å². The van der Waals surface area contributed by atoms with Crippen LogP contribution in [0.15, 0.2) is 30.3 Å². The number of aromatic nitrogens is 2. The van der Waals surface area contributed by atoms with E-state index in [0.29, 0.717) is 5.01 Å². The van der Waals surface area contributed by atoms with Crippen LogP contribution in [0, 0.1) is 0 Å². The fourth-order valence-electron chi connectivity index (χ4n) is 1.14. The van der Waals surface area contributed by atoms with Crippen molar-refractivity contribution >= 4 is 57.2 Å². The van der Waals surface area contributed by atoms with E-state index < -0.39 is 9.70 Å². The van der Waals surface area contributed by atoms with Crippen molar-refractivity contribution in [2.45, 2.75) is 3.79 Å². The molecule has 1 aromatic carbocycles. The zero-order valence-corrected chi connectivity index (χ0v) is 11.8. The van der Waals surface area contributed by atoms with E-state index in [0.717, 1.165) is 5.56 Å². The maximum Gasteiger partial charge on any atom is 0.278 e. The number of amides is 1. The number of carbonyl (C=O) groups is 1. The van der Waals surface area contributed by atoms with E-state index in [1.807, 2.05) is 30.3 Å². The summed E-state index contributed by atoms with van der Waals surface area (Å²) >= 11 is 17.5.